The van der Waals surface area contributed by atoms with Crippen LogP contribution in [0.2, 0.25) is 0 Å². The van der Waals surface area contributed by atoms with Gasteiger partial charge >= 0.3 is 0 Å². The number of H-pyrrole nitrogens is 1. The second-order valence-electron chi connectivity index (χ2n) is 4.23. The number of hydrogen-bond donors (Lipinski definition) is 2. The Morgan fingerprint density at radius 3 is 3.05 bits per heavy atom. The molecule has 5 heteroatoms. The van der Waals surface area contributed by atoms with Gasteiger partial charge in [0.2, 0.25) is 0 Å². The van der Waals surface area contributed by atoms with Gasteiger partial charge in [0.25, 0.3) is 5.91 Å². The number of benzene rings is 1. The molecule has 2 aromatic heterocycles. The van der Waals surface area contributed by atoms with E-state index < -0.39 is 0 Å². The van der Waals surface area contributed by atoms with Gasteiger partial charge in [0.15, 0.2) is 0 Å². The molecule has 19 heavy (non-hydrogen) atoms. The van der Waals surface area contributed by atoms with E-state index in [9.17, 15) is 4.79 Å². The van der Waals surface area contributed by atoms with Crippen LogP contribution in [0.15, 0.2) is 42.9 Å². The molecule has 0 fully saturated rings. The van der Waals surface area contributed by atoms with Crippen LogP contribution >= 0.6 is 11.3 Å². The highest BCUT2D eigenvalue weighted by molar-refractivity contribution is 7.20. The predicted octanol–water partition coefficient (Wildman–Crippen LogP) is 2.60. The van der Waals surface area contributed by atoms with Gasteiger partial charge in [-0.3, -0.25) is 4.79 Å². The third kappa shape index (κ3) is 2.66. The Morgan fingerprint density at radius 2 is 2.26 bits per heavy atom. The van der Waals surface area contributed by atoms with E-state index in [0.29, 0.717) is 6.54 Å². The molecule has 3 aromatic rings. The van der Waals surface area contributed by atoms with E-state index in [0.717, 1.165) is 27.1 Å². The number of carbonyl (C=O) groups is 1. The maximum absolute atomic E-state index is 12.0. The lowest BCUT2D eigenvalue weighted by Crippen LogP contribution is -2.24. The summed E-state index contributed by atoms with van der Waals surface area (Å²) in [6.07, 6.45) is 4.17. The fraction of sp³-hybridized carbons (Fsp3) is 0.143. The number of imidazole rings is 1. The van der Waals surface area contributed by atoms with Crippen LogP contribution in [0, 0.1) is 0 Å². The van der Waals surface area contributed by atoms with E-state index in [2.05, 4.69) is 15.3 Å². The lowest BCUT2D eigenvalue weighted by atomic mass is 10.2. The number of amides is 1. The summed E-state index contributed by atoms with van der Waals surface area (Å²) in [4.78, 5) is 19.7. The quantitative estimate of drug-likeness (QED) is 0.766. The molecule has 0 saturated carbocycles. The fourth-order valence-electron chi connectivity index (χ4n) is 1.91. The van der Waals surface area contributed by atoms with E-state index >= 15 is 0 Å². The zero-order valence-electron chi connectivity index (χ0n) is 10.2. The molecular weight excluding hydrogens is 258 g/mol. The van der Waals surface area contributed by atoms with Crippen molar-refractivity contribution in [1.82, 2.24) is 15.3 Å². The number of aromatic nitrogens is 2. The molecule has 0 spiro atoms. The van der Waals surface area contributed by atoms with Gasteiger partial charge in [-0.2, -0.15) is 0 Å². The second-order valence-corrected chi connectivity index (χ2v) is 5.32. The van der Waals surface area contributed by atoms with Crippen molar-refractivity contribution in [3.63, 3.8) is 0 Å². The number of nitrogens with zero attached hydrogens (tertiary/aromatic N) is 1. The van der Waals surface area contributed by atoms with Gasteiger partial charge in [-0.05, 0) is 17.5 Å². The third-order valence-corrected chi connectivity index (χ3v) is 4.00. The van der Waals surface area contributed by atoms with Gasteiger partial charge in [-0.1, -0.05) is 18.2 Å². The summed E-state index contributed by atoms with van der Waals surface area (Å²) in [5, 5.41) is 4.04. The summed E-state index contributed by atoms with van der Waals surface area (Å²) < 4.78 is 1.14. The van der Waals surface area contributed by atoms with Crippen LogP contribution in [-0.4, -0.2) is 22.4 Å². The van der Waals surface area contributed by atoms with Gasteiger partial charge in [-0.15, -0.1) is 11.3 Å². The van der Waals surface area contributed by atoms with Crippen molar-refractivity contribution < 1.29 is 4.79 Å². The molecule has 2 N–H and O–H groups in total. The Labute approximate surface area is 114 Å². The maximum Gasteiger partial charge on any atom is 0.261 e. The van der Waals surface area contributed by atoms with Crippen molar-refractivity contribution >= 4 is 27.3 Å². The van der Waals surface area contributed by atoms with E-state index in [1.165, 1.54) is 11.3 Å². The van der Waals surface area contributed by atoms with Crippen LogP contribution in [-0.2, 0) is 6.42 Å². The van der Waals surface area contributed by atoms with Crippen molar-refractivity contribution in [2.45, 2.75) is 6.42 Å². The number of aromatic amines is 1. The van der Waals surface area contributed by atoms with Crippen molar-refractivity contribution in [3.8, 4) is 0 Å². The first kappa shape index (κ1) is 11.9. The van der Waals surface area contributed by atoms with Crippen LogP contribution in [0.3, 0.4) is 0 Å². The van der Waals surface area contributed by atoms with Gasteiger partial charge in [0.05, 0.1) is 11.2 Å². The SMILES string of the molecule is O=C(NCCc1cnc[nH]1)c1cc2ccccc2s1. The summed E-state index contributed by atoms with van der Waals surface area (Å²) in [5.74, 6) is -0.0132. The topological polar surface area (TPSA) is 57.8 Å². The first-order valence-electron chi connectivity index (χ1n) is 6.07. The second kappa shape index (κ2) is 5.24. The summed E-state index contributed by atoms with van der Waals surface area (Å²) in [6, 6.07) is 9.95. The summed E-state index contributed by atoms with van der Waals surface area (Å²) >= 11 is 1.52. The Kier molecular flexibility index (Phi) is 3.29. The van der Waals surface area contributed by atoms with Crippen molar-refractivity contribution in [2.24, 2.45) is 0 Å². The molecule has 0 saturated heterocycles. The maximum atomic E-state index is 12.0. The number of carbonyl (C=O) groups excluding carboxylic acids is 1. The molecule has 0 aliphatic heterocycles. The fourth-order valence-corrected chi connectivity index (χ4v) is 2.89. The molecule has 2 heterocycles. The molecule has 4 nitrogen and oxygen atoms in total. The van der Waals surface area contributed by atoms with Gasteiger partial charge in [0, 0.05) is 29.6 Å². The van der Waals surface area contributed by atoms with Gasteiger partial charge in [-0.25, -0.2) is 4.98 Å². The monoisotopic (exact) mass is 271 g/mol. The molecule has 0 aliphatic rings. The van der Waals surface area contributed by atoms with Crippen LogP contribution < -0.4 is 5.32 Å². The Balaban J connectivity index is 1.63. The summed E-state index contributed by atoms with van der Waals surface area (Å²) in [7, 11) is 0. The molecule has 0 bridgehead atoms. The first-order valence-corrected chi connectivity index (χ1v) is 6.88. The molecule has 1 amide bonds. The Morgan fingerprint density at radius 1 is 1.37 bits per heavy atom. The normalized spacial score (nSPS) is 10.7. The number of rotatable bonds is 4. The average Bonchev–Trinajstić information content (AvgIpc) is 3.07. The lowest BCUT2D eigenvalue weighted by molar-refractivity contribution is 0.0958. The highest BCUT2D eigenvalue weighted by atomic mass is 32.1. The molecule has 3 rings (SSSR count). The van der Waals surface area contributed by atoms with Crippen molar-refractivity contribution in [1.29, 1.82) is 0 Å². The molecule has 1 aromatic carbocycles. The number of nitrogens with one attached hydrogen (secondary N) is 2. The minimum Gasteiger partial charge on any atom is -0.351 e. The minimum atomic E-state index is -0.0132. The van der Waals surface area contributed by atoms with Crippen LogP contribution in [0.4, 0.5) is 0 Å². The minimum absolute atomic E-state index is 0.0132. The standard InChI is InChI=1S/C14H13N3OS/c18-14(16-6-5-11-8-15-9-17-11)13-7-10-3-1-2-4-12(10)19-13/h1-4,7-9H,5-6H2,(H,15,17)(H,16,18). The Hall–Kier alpha value is -2.14. The van der Waals surface area contributed by atoms with E-state index in [-0.39, 0.29) is 5.91 Å². The average molecular weight is 271 g/mol. The predicted molar refractivity (Wildman–Crippen MR) is 76.4 cm³/mol. The molecule has 0 radical (unpaired) electrons. The number of hydrogen-bond acceptors (Lipinski definition) is 3. The smallest absolute Gasteiger partial charge is 0.261 e. The molecule has 0 unspecified atom stereocenters. The zero-order valence-corrected chi connectivity index (χ0v) is 11.0. The molecule has 0 atom stereocenters. The largest absolute Gasteiger partial charge is 0.351 e. The number of fused-ring (bicyclic) bond motifs is 1. The van der Waals surface area contributed by atoms with Gasteiger partial charge < -0.3 is 10.3 Å². The molecule has 0 aliphatic carbocycles. The van der Waals surface area contributed by atoms with Crippen molar-refractivity contribution in [3.05, 3.63) is 53.4 Å². The third-order valence-electron chi connectivity index (χ3n) is 2.88. The van der Waals surface area contributed by atoms with Crippen molar-refractivity contribution in [2.75, 3.05) is 6.54 Å². The van der Waals surface area contributed by atoms with E-state index in [4.69, 9.17) is 0 Å². The van der Waals surface area contributed by atoms with Crippen LogP contribution in [0.5, 0.6) is 0 Å². The molecule has 96 valence electrons. The van der Waals surface area contributed by atoms with Crippen LogP contribution in [0.25, 0.3) is 10.1 Å². The van der Waals surface area contributed by atoms with E-state index in [1.54, 1.807) is 12.5 Å². The van der Waals surface area contributed by atoms with Gasteiger partial charge in [0.1, 0.15) is 0 Å². The lowest BCUT2D eigenvalue weighted by Gasteiger charge is -2.01. The van der Waals surface area contributed by atoms with Crippen LogP contribution in [0.1, 0.15) is 15.4 Å². The summed E-state index contributed by atoms with van der Waals surface area (Å²) in [5.41, 5.74) is 1.02. The highest BCUT2D eigenvalue weighted by Crippen LogP contribution is 2.24. The van der Waals surface area contributed by atoms with E-state index in [1.807, 2.05) is 30.3 Å². The summed E-state index contributed by atoms with van der Waals surface area (Å²) in [6.45, 7) is 0.606. The highest BCUT2D eigenvalue weighted by Gasteiger charge is 2.09. The Bertz CT molecular complexity index is 655. The first-order chi connectivity index (χ1) is 9.33. The number of thiophene rings is 1. The zero-order chi connectivity index (χ0) is 13.1. The molecular formula is C14H13N3OS.